The lowest BCUT2D eigenvalue weighted by Crippen LogP contribution is -2.04. The Hall–Kier alpha value is -1.87. The van der Waals surface area contributed by atoms with Gasteiger partial charge in [0.05, 0.1) is 0 Å². The third-order valence-corrected chi connectivity index (χ3v) is 2.18. The molecule has 3 nitrogen and oxygen atoms in total. The first kappa shape index (κ1) is 13.2. The molecule has 1 aromatic carbocycles. The lowest BCUT2D eigenvalue weighted by molar-refractivity contribution is -0.137. The molecule has 0 fully saturated rings. The first-order valence-electron chi connectivity index (χ1n) is 5.41. The van der Waals surface area contributed by atoms with Crippen molar-refractivity contribution < 1.29 is 9.53 Å². The minimum absolute atomic E-state index is 0.254. The molecule has 3 heteroatoms. The Morgan fingerprint density at radius 2 is 2.06 bits per heavy atom. The van der Waals surface area contributed by atoms with Crippen LogP contribution in [0.4, 0.5) is 0 Å². The average molecular weight is 231 g/mol. The highest BCUT2D eigenvalue weighted by molar-refractivity contribution is 5.87. The maximum absolute atomic E-state index is 11.1. The molecular weight excluding hydrogens is 214 g/mol. The molecule has 0 aliphatic heterocycles. The molecule has 2 N–H and O–H groups in total. The van der Waals surface area contributed by atoms with Crippen molar-refractivity contribution in [1.82, 2.24) is 0 Å². The summed E-state index contributed by atoms with van der Waals surface area (Å²) in [7, 11) is 0. The van der Waals surface area contributed by atoms with Gasteiger partial charge in [0.15, 0.2) is 0 Å². The summed E-state index contributed by atoms with van der Waals surface area (Å²) in [4.78, 5) is 11.1. The van der Waals surface area contributed by atoms with Crippen LogP contribution in [0.2, 0.25) is 0 Å². The summed E-state index contributed by atoms with van der Waals surface area (Å²) >= 11 is 0. The third kappa shape index (κ3) is 4.66. The van der Waals surface area contributed by atoms with Crippen LogP contribution in [-0.4, -0.2) is 12.6 Å². The number of ether oxygens (including phenoxy) is 1. The smallest absolute Gasteiger partial charge is 0.333 e. The van der Waals surface area contributed by atoms with Crippen molar-refractivity contribution in [2.75, 3.05) is 6.61 Å². The van der Waals surface area contributed by atoms with E-state index >= 15 is 0 Å². The summed E-state index contributed by atoms with van der Waals surface area (Å²) in [5.41, 5.74) is 8.05. The highest BCUT2D eigenvalue weighted by Crippen LogP contribution is 2.05. The number of hydrogen-bond donors (Lipinski definition) is 1. The van der Waals surface area contributed by atoms with Crippen molar-refractivity contribution >= 4 is 12.0 Å². The van der Waals surface area contributed by atoms with Crippen molar-refractivity contribution in [3.8, 4) is 0 Å². The largest absolute Gasteiger partial charge is 0.458 e. The van der Waals surface area contributed by atoms with Gasteiger partial charge in [-0.2, -0.15) is 0 Å². The van der Waals surface area contributed by atoms with Crippen LogP contribution in [0.25, 0.3) is 6.08 Å². The van der Waals surface area contributed by atoms with E-state index in [2.05, 4.69) is 6.58 Å². The van der Waals surface area contributed by atoms with E-state index in [1.807, 2.05) is 30.3 Å². The molecule has 1 rings (SSSR count). The van der Waals surface area contributed by atoms with Crippen molar-refractivity contribution in [2.24, 2.45) is 5.73 Å². The topological polar surface area (TPSA) is 52.3 Å². The Labute approximate surface area is 102 Å². The molecule has 0 bridgehead atoms. The molecule has 0 amide bonds. The van der Waals surface area contributed by atoms with Crippen LogP contribution < -0.4 is 5.73 Å². The first-order valence-corrected chi connectivity index (χ1v) is 5.41. The summed E-state index contributed by atoms with van der Waals surface area (Å²) in [5.74, 6) is -0.367. The fraction of sp³-hybridized carbons (Fsp3) is 0.214. The fourth-order valence-electron chi connectivity index (χ4n) is 1.20. The number of hydrogen-bond acceptors (Lipinski definition) is 3. The molecule has 0 saturated carbocycles. The normalized spacial score (nSPS) is 10.5. The van der Waals surface area contributed by atoms with Crippen molar-refractivity contribution in [3.63, 3.8) is 0 Å². The van der Waals surface area contributed by atoms with E-state index in [0.29, 0.717) is 12.1 Å². The van der Waals surface area contributed by atoms with Gasteiger partial charge in [0.25, 0.3) is 0 Å². The van der Waals surface area contributed by atoms with Crippen LogP contribution >= 0.6 is 0 Å². The van der Waals surface area contributed by atoms with E-state index in [4.69, 9.17) is 10.5 Å². The minimum Gasteiger partial charge on any atom is -0.458 e. The highest BCUT2D eigenvalue weighted by Gasteiger charge is 1.99. The van der Waals surface area contributed by atoms with Gasteiger partial charge in [-0.1, -0.05) is 36.9 Å². The molecule has 17 heavy (non-hydrogen) atoms. The molecule has 0 atom stereocenters. The quantitative estimate of drug-likeness (QED) is 0.624. The minimum atomic E-state index is -0.367. The second-order valence-electron chi connectivity index (χ2n) is 3.73. The van der Waals surface area contributed by atoms with E-state index < -0.39 is 0 Å². The summed E-state index contributed by atoms with van der Waals surface area (Å²) in [5, 5.41) is 0. The molecule has 0 aromatic heterocycles. The zero-order valence-corrected chi connectivity index (χ0v) is 9.98. The fourth-order valence-corrected chi connectivity index (χ4v) is 1.20. The number of benzene rings is 1. The van der Waals surface area contributed by atoms with Crippen LogP contribution in [0.3, 0.4) is 0 Å². The predicted molar refractivity (Wildman–Crippen MR) is 69.1 cm³/mol. The molecule has 0 spiro atoms. The van der Waals surface area contributed by atoms with Crippen molar-refractivity contribution in [3.05, 3.63) is 53.6 Å². The number of carbonyl (C=O) groups is 1. The maximum atomic E-state index is 11.1. The van der Waals surface area contributed by atoms with Crippen LogP contribution in [-0.2, 0) is 16.1 Å². The number of rotatable bonds is 5. The van der Waals surface area contributed by atoms with Crippen molar-refractivity contribution in [2.45, 2.75) is 13.5 Å². The summed E-state index contributed by atoms with van der Waals surface area (Å²) in [6.07, 6.45) is 3.68. The Balaban J connectivity index is 2.42. The van der Waals surface area contributed by atoms with Crippen LogP contribution in [0, 0.1) is 0 Å². The van der Waals surface area contributed by atoms with Crippen LogP contribution in [0.15, 0.2) is 42.5 Å². The molecule has 0 aliphatic rings. The van der Waals surface area contributed by atoms with E-state index in [9.17, 15) is 4.79 Å². The first-order chi connectivity index (χ1) is 8.13. The lowest BCUT2D eigenvalue weighted by Gasteiger charge is -2.00. The van der Waals surface area contributed by atoms with Gasteiger partial charge in [-0.3, -0.25) is 0 Å². The molecule has 0 saturated heterocycles. The number of carbonyl (C=O) groups excluding carboxylic acids is 1. The Bertz CT molecular complexity index is 418. The van der Waals surface area contributed by atoms with Gasteiger partial charge >= 0.3 is 5.97 Å². The predicted octanol–water partition coefficient (Wildman–Crippen LogP) is 2.28. The lowest BCUT2D eigenvalue weighted by atomic mass is 10.1. The van der Waals surface area contributed by atoms with Gasteiger partial charge in [0.1, 0.15) is 6.61 Å². The standard InChI is InChI=1S/C14H17NO2/c1-11(2)14(16)17-9-3-4-12-5-7-13(10-15)8-6-12/h3-8H,1,9-10,15H2,2H3. The van der Waals surface area contributed by atoms with Gasteiger partial charge in [0, 0.05) is 12.1 Å². The summed E-state index contributed by atoms with van der Waals surface area (Å²) in [6, 6.07) is 7.89. The Morgan fingerprint density at radius 3 is 2.59 bits per heavy atom. The summed E-state index contributed by atoms with van der Waals surface area (Å²) in [6.45, 7) is 5.92. The third-order valence-electron chi connectivity index (χ3n) is 2.18. The summed E-state index contributed by atoms with van der Waals surface area (Å²) < 4.78 is 4.92. The van der Waals surface area contributed by atoms with Gasteiger partial charge in [0.2, 0.25) is 0 Å². The van der Waals surface area contributed by atoms with Gasteiger partial charge < -0.3 is 10.5 Å². The van der Waals surface area contributed by atoms with E-state index in [1.165, 1.54) is 0 Å². The second kappa shape index (κ2) is 6.66. The maximum Gasteiger partial charge on any atom is 0.333 e. The molecule has 0 radical (unpaired) electrons. The zero-order chi connectivity index (χ0) is 12.7. The SMILES string of the molecule is C=C(C)C(=O)OCC=Cc1ccc(CN)cc1. The Morgan fingerprint density at radius 1 is 1.41 bits per heavy atom. The monoisotopic (exact) mass is 231 g/mol. The highest BCUT2D eigenvalue weighted by atomic mass is 16.5. The van der Waals surface area contributed by atoms with Gasteiger partial charge in [-0.05, 0) is 24.1 Å². The number of esters is 1. The molecule has 0 aliphatic carbocycles. The Kier molecular flexibility index (Phi) is 5.17. The molecule has 0 heterocycles. The molecule has 90 valence electrons. The molecule has 0 unspecified atom stereocenters. The molecular formula is C14H17NO2. The molecule has 1 aromatic rings. The van der Waals surface area contributed by atoms with E-state index in [-0.39, 0.29) is 12.6 Å². The van der Waals surface area contributed by atoms with E-state index in [1.54, 1.807) is 13.0 Å². The zero-order valence-electron chi connectivity index (χ0n) is 9.98. The number of nitrogens with two attached hydrogens (primary N) is 1. The van der Waals surface area contributed by atoms with Crippen LogP contribution in [0.1, 0.15) is 18.1 Å². The average Bonchev–Trinajstić information content (AvgIpc) is 2.35. The van der Waals surface area contributed by atoms with Gasteiger partial charge in [-0.25, -0.2) is 4.79 Å². The van der Waals surface area contributed by atoms with Gasteiger partial charge in [-0.15, -0.1) is 0 Å². The van der Waals surface area contributed by atoms with E-state index in [0.717, 1.165) is 11.1 Å². The van der Waals surface area contributed by atoms with Crippen LogP contribution in [0.5, 0.6) is 0 Å². The second-order valence-corrected chi connectivity index (χ2v) is 3.73. The van der Waals surface area contributed by atoms with Crippen molar-refractivity contribution in [1.29, 1.82) is 0 Å².